The maximum absolute atomic E-state index is 12.1. The lowest BCUT2D eigenvalue weighted by atomic mass is 10.1. The number of anilines is 1. The molecule has 1 N–H and O–H groups in total. The molecule has 0 bridgehead atoms. The average Bonchev–Trinajstić information content (AvgIpc) is 2.61. The molecule has 2 rings (SSSR count). The summed E-state index contributed by atoms with van der Waals surface area (Å²) in [6.45, 7) is 0.465. The van der Waals surface area contributed by atoms with Crippen LogP contribution in [0.15, 0.2) is 42.5 Å². The van der Waals surface area contributed by atoms with E-state index in [0.29, 0.717) is 5.69 Å². The number of esters is 1. The van der Waals surface area contributed by atoms with Crippen LogP contribution in [0.5, 0.6) is 5.75 Å². The van der Waals surface area contributed by atoms with Crippen molar-refractivity contribution in [3.63, 3.8) is 0 Å². The van der Waals surface area contributed by atoms with Gasteiger partial charge in [0.1, 0.15) is 5.75 Å². The van der Waals surface area contributed by atoms with Gasteiger partial charge in [0.05, 0.1) is 5.56 Å². The van der Waals surface area contributed by atoms with Crippen LogP contribution in [0.2, 0.25) is 0 Å². The molecule has 2 aromatic rings. The highest BCUT2D eigenvalue weighted by Crippen LogP contribution is 2.21. The third kappa shape index (κ3) is 5.27. The van der Waals surface area contributed by atoms with Crippen LogP contribution in [0.1, 0.15) is 28.4 Å². The van der Waals surface area contributed by atoms with Crippen molar-refractivity contribution < 1.29 is 27.8 Å². The van der Waals surface area contributed by atoms with Crippen LogP contribution in [-0.4, -0.2) is 25.1 Å². The molecule has 1 amide bonds. The fraction of sp³-hybridized carbons (Fsp3) is 0.263. The highest BCUT2D eigenvalue weighted by atomic mass is 19.3. The molecule has 0 aliphatic rings. The van der Waals surface area contributed by atoms with E-state index >= 15 is 0 Å². The fourth-order valence-electron chi connectivity index (χ4n) is 2.36. The number of carbonyl (C=O) groups excluding carboxylic acids is 2. The Morgan fingerprint density at radius 2 is 1.81 bits per heavy atom. The van der Waals surface area contributed by atoms with Gasteiger partial charge in [0.15, 0.2) is 6.61 Å². The number of benzene rings is 2. The van der Waals surface area contributed by atoms with Gasteiger partial charge in [-0.1, -0.05) is 25.1 Å². The number of ether oxygens (including phenoxy) is 2. The van der Waals surface area contributed by atoms with Crippen LogP contribution < -0.4 is 10.1 Å². The molecule has 0 aromatic heterocycles. The molecule has 7 heteroatoms. The molecular formula is C19H19F2NO4. The zero-order valence-electron chi connectivity index (χ0n) is 14.4. The van der Waals surface area contributed by atoms with Crippen LogP contribution >= 0.6 is 0 Å². The van der Waals surface area contributed by atoms with Gasteiger partial charge in [-0.15, -0.1) is 0 Å². The Kier molecular flexibility index (Phi) is 6.66. The first-order valence-electron chi connectivity index (χ1n) is 8.01. The number of hydrogen-bond donors (Lipinski definition) is 1. The SMILES string of the molecule is CCc1cccc(C)c1NC(=O)COC(=O)c1ccc(OC(F)F)cc1. The van der Waals surface area contributed by atoms with Gasteiger partial charge in [-0.3, -0.25) is 4.79 Å². The maximum Gasteiger partial charge on any atom is 0.387 e. The number of amides is 1. The molecule has 0 atom stereocenters. The topological polar surface area (TPSA) is 64.6 Å². The molecule has 0 aliphatic heterocycles. The van der Waals surface area contributed by atoms with Crippen LogP contribution in [0, 0.1) is 6.92 Å². The number of carbonyl (C=O) groups is 2. The van der Waals surface area contributed by atoms with Crippen molar-refractivity contribution in [1.82, 2.24) is 0 Å². The summed E-state index contributed by atoms with van der Waals surface area (Å²) in [5.74, 6) is -1.26. The van der Waals surface area contributed by atoms with Crippen molar-refractivity contribution in [1.29, 1.82) is 0 Å². The van der Waals surface area contributed by atoms with Gasteiger partial charge >= 0.3 is 12.6 Å². The van der Waals surface area contributed by atoms with E-state index in [-0.39, 0.29) is 11.3 Å². The molecule has 0 aliphatic carbocycles. The van der Waals surface area contributed by atoms with Crippen molar-refractivity contribution in [2.75, 3.05) is 11.9 Å². The summed E-state index contributed by atoms with van der Waals surface area (Å²) in [7, 11) is 0. The van der Waals surface area contributed by atoms with E-state index in [1.54, 1.807) is 0 Å². The molecule has 0 spiro atoms. The van der Waals surface area contributed by atoms with Gasteiger partial charge in [-0.2, -0.15) is 8.78 Å². The summed E-state index contributed by atoms with van der Waals surface area (Å²) in [6.07, 6.45) is 0.754. The first-order chi connectivity index (χ1) is 12.4. The summed E-state index contributed by atoms with van der Waals surface area (Å²) in [5, 5.41) is 2.75. The van der Waals surface area contributed by atoms with Gasteiger partial charge in [0.25, 0.3) is 5.91 Å². The van der Waals surface area contributed by atoms with Crippen LogP contribution in [0.25, 0.3) is 0 Å². The van der Waals surface area contributed by atoms with Crippen molar-refractivity contribution in [2.24, 2.45) is 0 Å². The lowest BCUT2D eigenvalue weighted by Crippen LogP contribution is -2.22. The Hall–Kier alpha value is -2.96. The largest absolute Gasteiger partial charge is 0.452 e. The number of aryl methyl sites for hydroxylation is 2. The van der Waals surface area contributed by atoms with Crippen LogP contribution in [-0.2, 0) is 16.0 Å². The number of rotatable bonds is 7. The highest BCUT2D eigenvalue weighted by molar-refractivity contribution is 5.96. The molecule has 0 radical (unpaired) electrons. The summed E-state index contributed by atoms with van der Waals surface area (Å²) in [6, 6.07) is 10.7. The van der Waals surface area contributed by atoms with Crippen molar-refractivity contribution in [2.45, 2.75) is 26.9 Å². The van der Waals surface area contributed by atoms with E-state index in [1.165, 1.54) is 24.3 Å². The highest BCUT2D eigenvalue weighted by Gasteiger charge is 2.13. The molecule has 2 aromatic carbocycles. The molecule has 0 unspecified atom stereocenters. The van der Waals surface area contributed by atoms with Crippen molar-refractivity contribution >= 4 is 17.6 Å². The van der Waals surface area contributed by atoms with E-state index in [9.17, 15) is 18.4 Å². The molecule has 0 saturated heterocycles. The van der Waals surface area contributed by atoms with Gasteiger partial charge in [0.2, 0.25) is 0 Å². The number of alkyl halides is 2. The lowest BCUT2D eigenvalue weighted by molar-refractivity contribution is -0.119. The normalized spacial score (nSPS) is 10.5. The molecule has 0 saturated carbocycles. The molecule has 0 fully saturated rings. The summed E-state index contributed by atoms with van der Waals surface area (Å²) in [5.41, 5.74) is 2.74. The van der Waals surface area contributed by atoms with E-state index < -0.39 is 25.1 Å². The quantitative estimate of drug-likeness (QED) is 0.757. The summed E-state index contributed by atoms with van der Waals surface area (Å²) >= 11 is 0. The fourth-order valence-corrected chi connectivity index (χ4v) is 2.36. The minimum atomic E-state index is -2.94. The maximum atomic E-state index is 12.1. The van der Waals surface area contributed by atoms with E-state index in [4.69, 9.17) is 4.74 Å². The minimum Gasteiger partial charge on any atom is -0.452 e. The predicted octanol–water partition coefficient (Wildman–Crippen LogP) is 3.95. The monoisotopic (exact) mass is 363 g/mol. The Morgan fingerprint density at radius 1 is 1.12 bits per heavy atom. The van der Waals surface area contributed by atoms with E-state index in [1.807, 2.05) is 32.0 Å². The standard InChI is InChI=1S/C19H19F2NO4/c1-3-13-6-4-5-12(2)17(13)22-16(23)11-25-18(24)14-7-9-15(10-8-14)26-19(20)21/h4-10,19H,3,11H2,1-2H3,(H,22,23). The second kappa shape index (κ2) is 8.94. The summed E-state index contributed by atoms with van der Waals surface area (Å²) in [4.78, 5) is 24.0. The summed E-state index contributed by atoms with van der Waals surface area (Å²) < 4.78 is 33.3. The zero-order chi connectivity index (χ0) is 19.1. The Labute approximate surface area is 149 Å². The Bertz CT molecular complexity index is 776. The molecule has 138 valence electrons. The second-order valence-corrected chi connectivity index (χ2v) is 5.49. The van der Waals surface area contributed by atoms with E-state index in [0.717, 1.165) is 17.5 Å². The van der Waals surface area contributed by atoms with Crippen molar-refractivity contribution in [3.8, 4) is 5.75 Å². The number of hydrogen-bond acceptors (Lipinski definition) is 4. The Balaban J connectivity index is 1.92. The molecule has 5 nitrogen and oxygen atoms in total. The van der Waals surface area contributed by atoms with Crippen molar-refractivity contribution in [3.05, 3.63) is 59.2 Å². The number of halogens is 2. The average molecular weight is 363 g/mol. The first-order valence-corrected chi connectivity index (χ1v) is 8.01. The molecule has 0 heterocycles. The van der Waals surface area contributed by atoms with Gasteiger partial charge in [0, 0.05) is 5.69 Å². The smallest absolute Gasteiger partial charge is 0.387 e. The predicted molar refractivity (Wildman–Crippen MR) is 92.5 cm³/mol. The minimum absolute atomic E-state index is 0.0686. The Morgan fingerprint density at radius 3 is 2.42 bits per heavy atom. The number of nitrogens with one attached hydrogen (secondary N) is 1. The van der Waals surface area contributed by atoms with Crippen LogP contribution in [0.4, 0.5) is 14.5 Å². The zero-order valence-corrected chi connectivity index (χ0v) is 14.4. The number of para-hydroxylation sites is 1. The van der Waals surface area contributed by atoms with Gasteiger partial charge in [-0.25, -0.2) is 4.79 Å². The lowest BCUT2D eigenvalue weighted by Gasteiger charge is -2.13. The third-order valence-corrected chi connectivity index (χ3v) is 3.65. The van der Waals surface area contributed by atoms with Gasteiger partial charge < -0.3 is 14.8 Å². The van der Waals surface area contributed by atoms with E-state index in [2.05, 4.69) is 10.1 Å². The third-order valence-electron chi connectivity index (χ3n) is 3.65. The first kappa shape index (κ1) is 19.4. The van der Waals surface area contributed by atoms with Gasteiger partial charge in [-0.05, 0) is 48.7 Å². The van der Waals surface area contributed by atoms with Crippen LogP contribution in [0.3, 0.4) is 0 Å². The molecular weight excluding hydrogens is 344 g/mol. The second-order valence-electron chi connectivity index (χ2n) is 5.49. The molecule has 26 heavy (non-hydrogen) atoms.